The Labute approximate surface area is 123 Å². The molecule has 1 fully saturated rings. The molecule has 1 aliphatic rings. The first kappa shape index (κ1) is 14.0. The number of carbonyl (C=O) groups is 1. The molecule has 0 amide bonds. The van der Waals surface area contributed by atoms with E-state index in [9.17, 15) is 4.79 Å². The van der Waals surface area contributed by atoms with E-state index < -0.39 is 0 Å². The molecule has 98 valence electrons. The summed E-state index contributed by atoms with van der Waals surface area (Å²) in [5.41, 5.74) is 0.832. The molecule has 1 aromatic carbocycles. The fraction of sp³-hybridized carbons (Fsp3) is 0.562. The van der Waals surface area contributed by atoms with Gasteiger partial charge in [-0.05, 0) is 59.9 Å². The van der Waals surface area contributed by atoms with E-state index in [1.165, 1.54) is 16.4 Å². The molecule has 0 spiro atoms. The van der Waals surface area contributed by atoms with Crippen LogP contribution in [0.15, 0.2) is 24.3 Å². The lowest BCUT2D eigenvalue weighted by Gasteiger charge is -2.29. The van der Waals surface area contributed by atoms with Crippen molar-refractivity contribution in [1.29, 1.82) is 0 Å². The zero-order chi connectivity index (χ0) is 13.2. The van der Waals surface area contributed by atoms with E-state index in [2.05, 4.69) is 36.4 Å². The van der Waals surface area contributed by atoms with Crippen LogP contribution in [0.2, 0.25) is 0 Å². The lowest BCUT2D eigenvalue weighted by Crippen LogP contribution is -2.29. The average Bonchev–Trinajstić information content (AvgIpc) is 2.78. The normalized spacial score (nSPS) is 18.2. The van der Waals surface area contributed by atoms with Gasteiger partial charge >= 0.3 is 0 Å². The first-order valence-electron chi connectivity index (χ1n) is 6.84. The highest BCUT2D eigenvalue weighted by Crippen LogP contribution is 2.45. The van der Waals surface area contributed by atoms with Gasteiger partial charge in [0.15, 0.2) is 5.78 Å². The van der Waals surface area contributed by atoms with Gasteiger partial charge < -0.3 is 0 Å². The summed E-state index contributed by atoms with van der Waals surface area (Å²) in [5.74, 6) is 0.973. The van der Waals surface area contributed by atoms with Crippen LogP contribution in [-0.4, -0.2) is 5.78 Å². The molecule has 0 bridgehead atoms. The van der Waals surface area contributed by atoms with Gasteiger partial charge in [-0.3, -0.25) is 4.79 Å². The van der Waals surface area contributed by atoms with Crippen LogP contribution < -0.4 is 0 Å². The molecule has 18 heavy (non-hydrogen) atoms. The van der Waals surface area contributed by atoms with E-state index in [4.69, 9.17) is 0 Å². The summed E-state index contributed by atoms with van der Waals surface area (Å²) >= 11 is 2.28. The molecule has 0 saturated heterocycles. The van der Waals surface area contributed by atoms with Gasteiger partial charge in [0.25, 0.3) is 0 Å². The number of ketones is 1. The lowest BCUT2D eigenvalue weighted by molar-refractivity contribution is 0.0760. The Morgan fingerprint density at radius 2 is 1.78 bits per heavy atom. The standard InChI is InChI=1S/C16H21IO/c1-12(2)11-16(9-3-4-10-16)15(18)13-5-7-14(17)8-6-13/h5-8,12H,3-4,9-11H2,1-2H3. The lowest BCUT2D eigenvalue weighted by atomic mass is 9.73. The minimum atomic E-state index is -0.0685. The number of benzene rings is 1. The Morgan fingerprint density at radius 1 is 1.22 bits per heavy atom. The van der Waals surface area contributed by atoms with Crippen LogP contribution in [0.3, 0.4) is 0 Å². The fourth-order valence-electron chi connectivity index (χ4n) is 3.26. The molecule has 0 radical (unpaired) electrons. The van der Waals surface area contributed by atoms with Crippen molar-refractivity contribution < 1.29 is 4.79 Å². The summed E-state index contributed by atoms with van der Waals surface area (Å²) in [5, 5.41) is 0. The maximum atomic E-state index is 12.8. The van der Waals surface area contributed by atoms with E-state index in [-0.39, 0.29) is 5.41 Å². The maximum absolute atomic E-state index is 12.8. The van der Waals surface area contributed by atoms with Crippen molar-refractivity contribution >= 4 is 28.4 Å². The van der Waals surface area contributed by atoms with E-state index >= 15 is 0 Å². The summed E-state index contributed by atoms with van der Waals surface area (Å²) in [6, 6.07) is 8.05. The first-order chi connectivity index (χ1) is 8.53. The van der Waals surface area contributed by atoms with E-state index in [1.807, 2.05) is 24.3 Å². The van der Waals surface area contributed by atoms with Gasteiger partial charge in [0.2, 0.25) is 0 Å². The van der Waals surface area contributed by atoms with Crippen molar-refractivity contribution in [1.82, 2.24) is 0 Å². The highest BCUT2D eigenvalue weighted by molar-refractivity contribution is 14.1. The van der Waals surface area contributed by atoms with Crippen molar-refractivity contribution in [2.75, 3.05) is 0 Å². The zero-order valence-electron chi connectivity index (χ0n) is 11.2. The van der Waals surface area contributed by atoms with Crippen LogP contribution in [0.1, 0.15) is 56.3 Å². The van der Waals surface area contributed by atoms with Crippen molar-refractivity contribution in [2.45, 2.75) is 46.0 Å². The van der Waals surface area contributed by atoms with Gasteiger partial charge in [0.05, 0.1) is 0 Å². The largest absolute Gasteiger partial charge is 0.294 e. The number of rotatable bonds is 4. The fourth-order valence-corrected chi connectivity index (χ4v) is 3.62. The van der Waals surface area contributed by atoms with Gasteiger partial charge in [0.1, 0.15) is 0 Å². The predicted octanol–water partition coefficient (Wildman–Crippen LogP) is 5.08. The summed E-state index contributed by atoms with van der Waals surface area (Å²) < 4.78 is 1.19. The van der Waals surface area contributed by atoms with Crippen molar-refractivity contribution in [2.24, 2.45) is 11.3 Å². The minimum Gasteiger partial charge on any atom is -0.294 e. The third kappa shape index (κ3) is 2.95. The zero-order valence-corrected chi connectivity index (χ0v) is 13.4. The van der Waals surface area contributed by atoms with Crippen molar-refractivity contribution in [3.05, 3.63) is 33.4 Å². The van der Waals surface area contributed by atoms with Gasteiger partial charge in [-0.1, -0.05) is 38.8 Å². The van der Waals surface area contributed by atoms with Gasteiger partial charge in [-0.25, -0.2) is 0 Å². The van der Waals surface area contributed by atoms with Crippen LogP contribution in [0.5, 0.6) is 0 Å². The number of hydrogen-bond donors (Lipinski definition) is 0. The molecular weight excluding hydrogens is 335 g/mol. The Hall–Kier alpha value is -0.380. The average molecular weight is 356 g/mol. The Kier molecular flexibility index (Phi) is 4.46. The van der Waals surface area contributed by atoms with Crippen molar-refractivity contribution in [3.63, 3.8) is 0 Å². The molecular formula is C16H21IO. The smallest absolute Gasteiger partial charge is 0.169 e. The minimum absolute atomic E-state index is 0.0685. The van der Waals surface area contributed by atoms with Gasteiger partial charge in [0, 0.05) is 14.5 Å². The second kappa shape index (κ2) is 5.72. The summed E-state index contributed by atoms with van der Waals surface area (Å²) in [4.78, 5) is 12.8. The third-order valence-corrected chi connectivity index (χ3v) is 4.67. The second-order valence-corrected chi connectivity index (χ2v) is 7.17. The van der Waals surface area contributed by atoms with Crippen LogP contribution in [0.25, 0.3) is 0 Å². The topological polar surface area (TPSA) is 17.1 Å². The molecule has 1 aromatic rings. The maximum Gasteiger partial charge on any atom is 0.169 e. The SMILES string of the molecule is CC(C)CC1(C(=O)c2ccc(I)cc2)CCCC1. The van der Waals surface area contributed by atoms with Gasteiger partial charge in [-0.2, -0.15) is 0 Å². The Morgan fingerprint density at radius 3 is 2.28 bits per heavy atom. The van der Waals surface area contributed by atoms with Crippen molar-refractivity contribution in [3.8, 4) is 0 Å². The molecule has 0 aliphatic heterocycles. The molecule has 0 aromatic heterocycles. The Balaban J connectivity index is 2.26. The van der Waals surface area contributed by atoms with E-state index in [0.29, 0.717) is 11.7 Å². The number of halogens is 1. The first-order valence-corrected chi connectivity index (χ1v) is 7.92. The predicted molar refractivity (Wildman–Crippen MR) is 83.8 cm³/mol. The van der Waals surface area contributed by atoms with E-state index in [1.54, 1.807) is 0 Å². The quantitative estimate of drug-likeness (QED) is 0.543. The molecule has 2 heteroatoms. The van der Waals surface area contributed by atoms with Crippen LogP contribution in [0.4, 0.5) is 0 Å². The Bertz CT molecular complexity index is 413. The van der Waals surface area contributed by atoms with Crippen LogP contribution >= 0.6 is 22.6 Å². The number of Topliss-reactive ketones (excluding diaryl/α,β-unsaturated/α-hetero) is 1. The molecule has 1 aliphatic carbocycles. The van der Waals surface area contributed by atoms with E-state index in [0.717, 1.165) is 24.8 Å². The summed E-state index contributed by atoms with van der Waals surface area (Å²) in [6.45, 7) is 4.45. The molecule has 0 unspecified atom stereocenters. The highest BCUT2D eigenvalue weighted by Gasteiger charge is 2.41. The molecule has 0 N–H and O–H groups in total. The molecule has 0 atom stereocenters. The highest BCUT2D eigenvalue weighted by atomic mass is 127. The van der Waals surface area contributed by atoms with Crippen LogP contribution in [0, 0.1) is 14.9 Å². The monoisotopic (exact) mass is 356 g/mol. The summed E-state index contributed by atoms with van der Waals surface area (Å²) in [6.07, 6.45) is 5.62. The second-order valence-electron chi connectivity index (χ2n) is 5.92. The number of hydrogen-bond acceptors (Lipinski definition) is 1. The summed E-state index contributed by atoms with van der Waals surface area (Å²) in [7, 11) is 0. The number of carbonyl (C=O) groups excluding carboxylic acids is 1. The molecule has 1 nitrogen and oxygen atoms in total. The molecule has 1 saturated carbocycles. The van der Waals surface area contributed by atoms with Crippen LogP contribution in [-0.2, 0) is 0 Å². The third-order valence-electron chi connectivity index (χ3n) is 3.95. The molecule has 2 rings (SSSR count). The molecule has 0 heterocycles. The van der Waals surface area contributed by atoms with Gasteiger partial charge in [-0.15, -0.1) is 0 Å².